The Morgan fingerprint density at radius 1 is 1.54 bits per heavy atom. The molecule has 2 rings (SSSR count). The van der Waals surface area contributed by atoms with Crippen LogP contribution in [0.1, 0.15) is 24.5 Å². The molecule has 1 saturated heterocycles. The molecule has 1 aromatic heterocycles. The van der Waals surface area contributed by atoms with Crippen LogP contribution in [-0.4, -0.2) is 22.9 Å². The summed E-state index contributed by atoms with van der Waals surface area (Å²) in [4.78, 5) is 0. The molecule has 0 aromatic carbocycles. The number of aromatic nitrogens is 2. The van der Waals surface area contributed by atoms with Crippen LogP contribution in [0.2, 0.25) is 0 Å². The lowest BCUT2D eigenvalue weighted by Gasteiger charge is -2.09. The second-order valence-corrected chi connectivity index (χ2v) is 3.56. The molecule has 0 radical (unpaired) electrons. The molecule has 1 aliphatic rings. The van der Waals surface area contributed by atoms with E-state index in [0.29, 0.717) is 5.92 Å². The molecular weight excluding hydrogens is 164 g/mol. The first-order valence-electron chi connectivity index (χ1n) is 4.81. The van der Waals surface area contributed by atoms with Gasteiger partial charge in [-0.2, -0.15) is 5.10 Å². The highest BCUT2D eigenvalue weighted by Gasteiger charge is 2.15. The molecule has 1 aromatic rings. The van der Waals surface area contributed by atoms with Gasteiger partial charge in [0.25, 0.3) is 0 Å². The molecule has 0 amide bonds. The van der Waals surface area contributed by atoms with Gasteiger partial charge in [-0.1, -0.05) is 0 Å². The maximum Gasteiger partial charge on any atom is 0.0668 e. The van der Waals surface area contributed by atoms with Gasteiger partial charge in [-0.15, -0.1) is 0 Å². The molecule has 0 aliphatic carbocycles. The van der Waals surface area contributed by atoms with Crippen molar-refractivity contribution in [2.45, 2.75) is 18.8 Å². The van der Waals surface area contributed by atoms with Gasteiger partial charge in [0.15, 0.2) is 0 Å². The fourth-order valence-corrected chi connectivity index (χ4v) is 1.73. The van der Waals surface area contributed by atoms with E-state index in [1.807, 2.05) is 17.9 Å². The normalized spacial score (nSPS) is 24.2. The second-order valence-electron chi connectivity index (χ2n) is 3.56. The van der Waals surface area contributed by atoms with Gasteiger partial charge in [-0.25, -0.2) is 0 Å². The van der Waals surface area contributed by atoms with Gasteiger partial charge in [0.1, 0.15) is 0 Å². The molecule has 1 aliphatic heterocycles. The van der Waals surface area contributed by atoms with Crippen molar-refractivity contribution in [3.05, 3.63) is 18.0 Å². The molecule has 72 valence electrons. The average molecular weight is 180 g/mol. The van der Waals surface area contributed by atoms with Gasteiger partial charge in [0, 0.05) is 32.3 Å². The van der Waals surface area contributed by atoms with E-state index in [0.717, 1.165) is 13.1 Å². The van der Waals surface area contributed by atoms with Crippen LogP contribution < -0.4 is 10.9 Å². The van der Waals surface area contributed by atoms with Crippen molar-refractivity contribution in [3.8, 4) is 0 Å². The number of nitrogens with one attached hydrogen (secondary N) is 2. The van der Waals surface area contributed by atoms with Crippen LogP contribution in [0.3, 0.4) is 0 Å². The van der Waals surface area contributed by atoms with Crippen LogP contribution in [0.4, 0.5) is 0 Å². The lowest BCUT2D eigenvalue weighted by Crippen LogP contribution is -2.32. The summed E-state index contributed by atoms with van der Waals surface area (Å²) in [5.74, 6) is 0.566. The Balaban J connectivity index is 2.06. The van der Waals surface area contributed by atoms with Crippen LogP contribution in [0, 0.1) is 0 Å². The number of hydrogen-bond donors (Lipinski definition) is 2. The first kappa shape index (κ1) is 8.72. The highest BCUT2D eigenvalue weighted by Crippen LogP contribution is 2.19. The summed E-state index contributed by atoms with van der Waals surface area (Å²) in [6.45, 7) is 2.04. The Bertz CT molecular complexity index is 260. The molecule has 2 heterocycles. The molecule has 0 spiro atoms. The summed E-state index contributed by atoms with van der Waals surface area (Å²) in [6.07, 6.45) is 4.44. The largest absolute Gasteiger partial charge is 0.276 e. The zero-order valence-electron chi connectivity index (χ0n) is 7.95. The quantitative estimate of drug-likeness (QED) is 0.657. The van der Waals surface area contributed by atoms with E-state index in [-0.39, 0.29) is 0 Å². The van der Waals surface area contributed by atoms with E-state index < -0.39 is 0 Å². The third-order valence-corrected chi connectivity index (χ3v) is 2.48. The van der Waals surface area contributed by atoms with Crippen molar-refractivity contribution in [1.29, 1.82) is 0 Å². The first-order valence-corrected chi connectivity index (χ1v) is 4.81. The summed E-state index contributed by atoms with van der Waals surface area (Å²) in [5, 5.41) is 4.42. The van der Waals surface area contributed by atoms with Gasteiger partial charge < -0.3 is 0 Å². The van der Waals surface area contributed by atoms with Crippen molar-refractivity contribution in [2.75, 3.05) is 13.1 Å². The minimum Gasteiger partial charge on any atom is -0.276 e. The molecule has 4 nitrogen and oxygen atoms in total. The number of hydrogen-bond acceptors (Lipinski definition) is 3. The Morgan fingerprint density at radius 2 is 2.46 bits per heavy atom. The Labute approximate surface area is 78.3 Å². The van der Waals surface area contributed by atoms with Crippen LogP contribution in [0.25, 0.3) is 0 Å². The minimum absolute atomic E-state index is 0.566. The second kappa shape index (κ2) is 3.89. The molecule has 1 atom stereocenters. The van der Waals surface area contributed by atoms with E-state index in [1.165, 1.54) is 18.5 Å². The number of rotatable bonds is 1. The highest BCUT2D eigenvalue weighted by atomic mass is 15.4. The fourth-order valence-electron chi connectivity index (χ4n) is 1.73. The van der Waals surface area contributed by atoms with Crippen molar-refractivity contribution in [3.63, 3.8) is 0 Å². The number of aryl methyl sites for hydroxylation is 1. The van der Waals surface area contributed by atoms with Crippen LogP contribution >= 0.6 is 0 Å². The fraction of sp³-hybridized carbons (Fsp3) is 0.667. The number of nitrogens with zero attached hydrogens (tertiary/aromatic N) is 2. The van der Waals surface area contributed by atoms with Gasteiger partial charge in [0.05, 0.1) is 5.69 Å². The van der Waals surface area contributed by atoms with Crippen molar-refractivity contribution in [2.24, 2.45) is 7.05 Å². The molecule has 1 unspecified atom stereocenters. The zero-order valence-corrected chi connectivity index (χ0v) is 7.95. The van der Waals surface area contributed by atoms with Crippen LogP contribution in [0.5, 0.6) is 0 Å². The molecule has 0 saturated carbocycles. The monoisotopic (exact) mass is 180 g/mol. The summed E-state index contributed by atoms with van der Waals surface area (Å²) in [6, 6.07) is 2.11. The third-order valence-electron chi connectivity index (χ3n) is 2.48. The Morgan fingerprint density at radius 3 is 3.23 bits per heavy atom. The predicted octanol–water partition coefficient (Wildman–Crippen LogP) is 0.392. The van der Waals surface area contributed by atoms with Gasteiger partial charge in [-0.05, 0) is 18.9 Å². The SMILES string of the molecule is Cn1ccc(C2CCCNNC2)n1. The van der Waals surface area contributed by atoms with Crippen molar-refractivity contribution in [1.82, 2.24) is 20.6 Å². The average Bonchev–Trinajstić information content (AvgIpc) is 2.43. The van der Waals surface area contributed by atoms with Gasteiger partial charge in [-0.3, -0.25) is 15.5 Å². The molecule has 2 N–H and O–H groups in total. The summed E-state index contributed by atoms with van der Waals surface area (Å²) < 4.78 is 1.87. The van der Waals surface area contributed by atoms with Gasteiger partial charge in [0.2, 0.25) is 0 Å². The molecule has 0 bridgehead atoms. The van der Waals surface area contributed by atoms with Crippen LogP contribution in [0.15, 0.2) is 12.3 Å². The highest BCUT2D eigenvalue weighted by molar-refractivity contribution is 5.07. The van der Waals surface area contributed by atoms with E-state index in [4.69, 9.17) is 0 Å². The Hall–Kier alpha value is -0.870. The topological polar surface area (TPSA) is 41.9 Å². The molecule has 13 heavy (non-hydrogen) atoms. The molecular formula is C9H16N4. The standard InChI is InChI=1S/C9H16N4/c1-13-6-4-9(12-13)8-3-2-5-10-11-7-8/h4,6,8,10-11H,2-3,5,7H2,1H3. The van der Waals surface area contributed by atoms with Gasteiger partial charge >= 0.3 is 0 Å². The van der Waals surface area contributed by atoms with Crippen molar-refractivity contribution < 1.29 is 0 Å². The van der Waals surface area contributed by atoms with Crippen LogP contribution in [-0.2, 0) is 7.05 Å². The first-order chi connectivity index (χ1) is 6.36. The predicted molar refractivity (Wildman–Crippen MR) is 51.2 cm³/mol. The summed E-state index contributed by atoms with van der Waals surface area (Å²) >= 11 is 0. The lowest BCUT2D eigenvalue weighted by molar-refractivity contribution is 0.539. The third kappa shape index (κ3) is 2.08. The minimum atomic E-state index is 0.566. The van der Waals surface area contributed by atoms with E-state index in [9.17, 15) is 0 Å². The van der Waals surface area contributed by atoms with E-state index in [2.05, 4.69) is 22.0 Å². The van der Waals surface area contributed by atoms with E-state index in [1.54, 1.807) is 0 Å². The maximum atomic E-state index is 4.42. The lowest BCUT2D eigenvalue weighted by atomic mass is 10.0. The summed E-state index contributed by atoms with van der Waals surface area (Å²) in [7, 11) is 1.96. The molecule has 4 heteroatoms. The number of hydrazine groups is 1. The zero-order chi connectivity index (χ0) is 9.10. The maximum absolute atomic E-state index is 4.42. The van der Waals surface area contributed by atoms with Crippen molar-refractivity contribution >= 4 is 0 Å². The van der Waals surface area contributed by atoms with E-state index >= 15 is 0 Å². The summed E-state index contributed by atoms with van der Waals surface area (Å²) in [5.41, 5.74) is 7.58. The smallest absolute Gasteiger partial charge is 0.0668 e. The molecule has 1 fully saturated rings. The Kier molecular flexibility index (Phi) is 2.61.